The minimum absolute atomic E-state index is 0.0145. The third-order valence-electron chi connectivity index (χ3n) is 7.71. The van der Waals surface area contributed by atoms with E-state index in [1.165, 1.54) is 12.8 Å². The van der Waals surface area contributed by atoms with Crippen molar-refractivity contribution in [1.29, 1.82) is 0 Å². The lowest BCUT2D eigenvalue weighted by atomic mass is 9.68. The molecule has 1 heterocycles. The molecule has 3 nitrogen and oxygen atoms in total. The molecule has 0 aliphatic heterocycles. The molecule has 4 rings (SSSR count). The second-order valence-corrected chi connectivity index (χ2v) is 9.66. The van der Waals surface area contributed by atoms with Crippen LogP contribution in [0.4, 0.5) is 8.78 Å². The van der Waals surface area contributed by atoms with Crippen LogP contribution in [0.1, 0.15) is 94.0 Å². The van der Waals surface area contributed by atoms with Crippen LogP contribution in [-0.4, -0.2) is 16.6 Å². The van der Waals surface area contributed by atoms with Crippen LogP contribution in [0.3, 0.4) is 0 Å². The van der Waals surface area contributed by atoms with E-state index >= 15 is 0 Å². The molecule has 1 aromatic carbocycles. The molecular weight excluding hydrogens is 418 g/mol. The van der Waals surface area contributed by atoms with Gasteiger partial charge in [0.05, 0.1) is 6.61 Å². The largest absolute Gasteiger partial charge is 0.491 e. The molecule has 0 atom stereocenters. The summed E-state index contributed by atoms with van der Waals surface area (Å²) in [6.45, 7) is 4.13. The predicted molar refractivity (Wildman–Crippen MR) is 127 cm³/mol. The number of rotatable bonds is 7. The molecule has 1 aromatic heterocycles. The number of nitrogens with zero attached hydrogens (tertiary/aromatic N) is 2. The van der Waals surface area contributed by atoms with Gasteiger partial charge in [-0.25, -0.2) is 14.4 Å². The van der Waals surface area contributed by atoms with Gasteiger partial charge >= 0.3 is 0 Å². The van der Waals surface area contributed by atoms with Crippen molar-refractivity contribution in [2.75, 3.05) is 6.61 Å². The van der Waals surface area contributed by atoms with Gasteiger partial charge in [0.2, 0.25) is 5.82 Å². The normalized spacial score (nSPS) is 25.9. The molecule has 5 heteroatoms. The van der Waals surface area contributed by atoms with Gasteiger partial charge in [-0.1, -0.05) is 18.2 Å². The Morgan fingerprint density at radius 3 is 2.06 bits per heavy atom. The van der Waals surface area contributed by atoms with Gasteiger partial charge in [-0.05, 0) is 107 Å². The summed E-state index contributed by atoms with van der Waals surface area (Å²) in [5.41, 5.74) is 1.68. The molecular formula is C28H36F2N2O. The van der Waals surface area contributed by atoms with Gasteiger partial charge in [0.1, 0.15) is 5.82 Å². The summed E-state index contributed by atoms with van der Waals surface area (Å²) in [6, 6.07) is 3.31. The van der Waals surface area contributed by atoms with Crippen LogP contribution in [-0.2, 0) is 6.42 Å². The summed E-state index contributed by atoms with van der Waals surface area (Å²) in [7, 11) is 0. The Kier molecular flexibility index (Phi) is 8.11. The maximum absolute atomic E-state index is 14.6. The Morgan fingerprint density at radius 2 is 1.48 bits per heavy atom. The summed E-state index contributed by atoms with van der Waals surface area (Å²) in [5, 5.41) is 0. The van der Waals surface area contributed by atoms with Crippen LogP contribution in [0.2, 0.25) is 0 Å². The molecule has 2 fully saturated rings. The molecule has 0 bridgehead atoms. The Bertz CT molecular complexity index is 928. The number of benzene rings is 1. The minimum atomic E-state index is -0.841. The minimum Gasteiger partial charge on any atom is -0.491 e. The molecule has 0 spiro atoms. The van der Waals surface area contributed by atoms with E-state index in [0.29, 0.717) is 24.0 Å². The first-order chi connectivity index (χ1) is 16.1. The molecule has 2 aliphatic carbocycles. The zero-order chi connectivity index (χ0) is 23.2. The molecule has 0 radical (unpaired) electrons. The van der Waals surface area contributed by atoms with Gasteiger partial charge in [0.15, 0.2) is 11.6 Å². The number of halogens is 2. The Labute approximate surface area is 196 Å². The molecule has 2 aliphatic rings. The van der Waals surface area contributed by atoms with Gasteiger partial charge in [-0.15, -0.1) is 0 Å². The number of hydrogen-bond acceptors (Lipinski definition) is 3. The molecule has 0 N–H and O–H groups in total. The quantitative estimate of drug-likeness (QED) is 0.406. The van der Waals surface area contributed by atoms with Gasteiger partial charge < -0.3 is 4.74 Å². The summed E-state index contributed by atoms with van der Waals surface area (Å²) in [6.07, 6.45) is 17.8. The highest BCUT2D eigenvalue weighted by atomic mass is 19.2. The molecule has 0 saturated heterocycles. The van der Waals surface area contributed by atoms with Crippen molar-refractivity contribution in [3.05, 3.63) is 65.3 Å². The van der Waals surface area contributed by atoms with Gasteiger partial charge in [-0.2, -0.15) is 4.39 Å². The highest BCUT2D eigenvalue weighted by Crippen LogP contribution is 2.46. The molecule has 0 unspecified atom stereocenters. The average Bonchev–Trinajstić information content (AvgIpc) is 2.86. The Morgan fingerprint density at radius 1 is 0.879 bits per heavy atom. The maximum atomic E-state index is 14.6. The SMILES string of the molecule is CC=CCc1cnc(C2CCC(C3CCC(c4ccc(OCC)c(F)c4F)CC3)CC2)nc1. The summed E-state index contributed by atoms with van der Waals surface area (Å²) < 4.78 is 34.1. The second kappa shape index (κ2) is 11.2. The number of aromatic nitrogens is 2. The summed E-state index contributed by atoms with van der Waals surface area (Å²) in [4.78, 5) is 9.30. The molecule has 178 valence electrons. The summed E-state index contributed by atoms with van der Waals surface area (Å²) in [5.74, 6) is 1.45. The number of hydrogen-bond donors (Lipinski definition) is 0. The highest BCUT2D eigenvalue weighted by Gasteiger charge is 2.33. The highest BCUT2D eigenvalue weighted by molar-refractivity contribution is 5.33. The van der Waals surface area contributed by atoms with E-state index < -0.39 is 11.6 Å². The second-order valence-electron chi connectivity index (χ2n) is 9.66. The Hall–Kier alpha value is -2.30. The lowest BCUT2D eigenvalue weighted by Gasteiger charge is -2.37. The lowest BCUT2D eigenvalue weighted by Crippen LogP contribution is -2.25. The average molecular weight is 455 g/mol. The third kappa shape index (κ3) is 5.62. The first-order valence-electron chi connectivity index (χ1n) is 12.6. The summed E-state index contributed by atoms with van der Waals surface area (Å²) >= 11 is 0. The predicted octanol–water partition coefficient (Wildman–Crippen LogP) is 7.52. The van der Waals surface area contributed by atoms with Gasteiger partial charge in [-0.3, -0.25) is 0 Å². The van der Waals surface area contributed by atoms with Crippen LogP contribution in [0.5, 0.6) is 5.75 Å². The van der Waals surface area contributed by atoms with E-state index in [1.54, 1.807) is 19.1 Å². The third-order valence-corrected chi connectivity index (χ3v) is 7.71. The van der Waals surface area contributed by atoms with Crippen molar-refractivity contribution in [3.63, 3.8) is 0 Å². The van der Waals surface area contributed by atoms with E-state index in [2.05, 4.69) is 22.1 Å². The topological polar surface area (TPSA) is 35.0 Å². The van der Waals surface area contributed by atoms with Crippen molar-refractivity contribution < 1.29 is 13.5 Å². The van der Waals surface area contributed by atoms with E-state index in [-0.39, 0.29) is 11.7 Å². The van der Waals surface area contributed by atoms with E-state index in [1.807, 2.05) is 19.3 Å². The van der Waals surface area contributed by atoms with E-state index in [9.17, 15) is 8.78 Å². The standard InChI is InChI=1S/C28H36F2N2O/c1-3-5-6-19-17-31-28(32-18-19)23-13-9-21(10-14-23)20-7-11-22(12-8-20)24-15-16-25(33-4-2)27(30)26(24)29/h3,5,15-18,20-23H,4,6-14H2,1-2H3. The van der Waals surface area contributed by atoms with Gasteiger partial charge in [0, 0.05) is 18.3 Å². The maximum Gasteiger partial charge on any atom is 0.200 e. The van der Waals surface area contributed by atoms with E-state index in [4.69, 9.17) is 4.74 Å². The van der Waals surface area contributed by atoms with Crippen molar-refractivity contribution in [1.82, 2.24) is 9.97 Å². The van der Waals surface area contributed by atoms with Crippen LogP contribution in [0.25, 0.3) is 0 Å². The Balaban J connectivity index is 1.28. The lowest BCUT2D eigenvalue weighted by molar-refractivity contribution is 0.174. The zero-order valence-corrected chi connectivity index (χ0v) is 19.9. The molecule has 2 saturated carbocycles. The fraction of sp³-hybridized carbons (Fsp3) is 0.571. The molecule has 0 amide bonds. The van der Waals surface area contributed by atoms with Gasteiger partial charge in [0.25, 0.3) is 0 Å². The van der Waals surface area contributed by atoms with E-state index in [0.717, 1.165) is 62.3 Å². The first-order valence-corrected chi connectivity index (χ1v) is 12.6. The monoisotopic (exact) mass is 454 g/mol. The fourth-order valence-corrected chi connectivity index (χ4v) is 5.81. The fourth-order valence-electron chi connectivity index (χ4n) is 5.81. The van der Waals surface area contributed by atoms with Crippen molar-refractivity contribution in [2.24, 2.45) is 11.8 Å². The van der Waals surface area contributed by atoms with Crippen LogP contribution in [0, 0.1) is 23.5 Å². The number of allylic oxidation sites excluding steroid dienone is 2. The van der Waals surface area contributed by atoms with Crippen molar-refractivity contribution in [2.45, 2.75) is 83.5 Å². The van der Waals surface area contributed by atoms with Crippen LogP contribution >= 0.6 is 0 Å². The number of ether oxygens (including phenoxy) is 1. The zero-order valence-electron chi connectivity index (χ0n) is 19.9. The van der Waals surface area contributed by atoms with Crippen LogP contribution in [0.15, 0.2) is 36.7 Å². The smallest absolute Gasteiger partial charge is 0.200 e. The first kappa shape index (κ1) is 23.8. The van der Waals surface area contributed by atoms with Crippen LogP contribution < -0.4 is 4.74 Å². The molecule has 2 aromatic rings. The van der Waals surface area contributed by atoms with Crippen molar-refractivity contribution >= 4 is 0 Å². The van der Waals surface area contributed by atoms with Crippen molar-refractivity contribution in [3.8, 4) is 5.75 Å². The molecule has 33 heavy (non-hydrogen) atoms.